The Hall–Kier alpha value is -0.685. The Bertz CT molecular complexity index is 411. The van der Waals surface area contributed by atoms with E-state index in [2.05, 4.69) is 4.98 Å². The van der Waals surface area contributed by atoms with Gasteiger partial charge in [-0.15, -0.1) is 22.7 Å². The Labute approximate surface area is 96.8 Å². The molecule has 0 aliphatic heterocycles. The average Bonchev–Trinajstić information content (AvgIpc) is 2.88. The molecule has 15 heavy (non-hydrogen) atoms. The van der Waals surface area contributed by atoms with Gasteiger partial charge < -0.3 is 9.31 Å². The van der Waals surface area contributed by atoms with Gasteiger partial charge in [-0.25, -0.2) is 4.98 Å². The fourth-order valence-electron chi connectivity index (χ4n) is 1.36. The van der Waals surface area contributed by atoms with E-state index in [1.54, 1.807) is 43.1 Å². The molecule has 2 heterocycles. The summed E-state index contributed by atoms with van der Waals surface area (Å²) in [6.45, 7) is 0. The van der Waals surface area contributed by atoms with Crippen LogP contribution in [-0.2, 0) is 9.31 Å². The highest BCUT2D eigenvalue weighted by Gasteiger charge is 2.24. The summed E-state index contributed by atoms with van der Waals surface area (Å²) in [6.07, 6.45) is 1.80. The first-order valence-corrected chi connectivity index (χ1v) is 6.15. The van der Waals surface area contributed by atoms with Crippen molar-refractivity contribution >= 4 is 35.3 Å². The first-order chi connectivity index (χ1) is 7.36. The molecule has 0 saturated heterocycles. The van der Waals surface area contributed by atoms with Crippen molar-refractivity contribution < 1.29 is 9.31 Å². The average molecular weight is 239 g/mol. The number of hydrogen-bond donors (Lipinski definition) is 0. The van der Waals surface area contributed by atoms with Crippen LogP contribution in [0.4, 0.5) is 0 Å². The third-order valence-corrected chi connectivity index (χ3v) is 3.86. The van der Waals surface area contributed by atoms with Crippen LogP contribution in [0.25, 0.3) is 9.88 Å². The summed E-state index contributed by atoms with van der Waals surface area (Å²) in [5.41, 5.74) is 1.04. The highest BCUT2D eigenvalue weighted by atomic mass is 32.1. The lowest BCUT2D eigenvalue weighted by molar-refractivity contribution is 0.292. The molecule has 0 amide bonds. The molecule has 78 valence electrons. The molecular formula is C9H10BNO2S2. The quantitative estimate of drug-likeness (QED) is 0.763. The minimum atomic E-state index is -0.310. The lowest BCUT2D eigenvalue weighted by atomic mass is 9.79. The van der Waals surface area contributed by atoms with Gasteiger partial charge in [0.05, 0.1) is 4.88 Å². The molecule has 0 radical (unpaired) electrons. The summed E-state index contributed by atoms with van der Waals surface area (Å²) in [5.74, 6) is 0. The van der Waals surface area contributed by atoms with Gasteiger partial charge in [-0.05, 0) is 5.38 Å². The molecule has 0 saturated carbocycles. The summed E-state index contributed by atoms with van der Waals surface area (Å²) >= 11 is 3.28. The Morgan fingerprint density at radius 3 is 2.60 bits per heavy atom. The van der Waals surface area contributed by atoms with E-state index in [1.807, 2.05) is 16.8 Å². The number of thiophene rings is 1. The van der Waals surface area contributed by atoms with Gasteiger partial charge >= 0.3 is 7.12 Å². The zero-order chi connectivity index (χ0) is 10.7. The van der Waals surface area contributed by atoms with Crippen LogP contribution >= 0.6 is 22.7 Å². The molecule has 0 aliphatic carbocycles. The van der Waals surface area contributed by atoms with Crippen LogP contribution in [0.5, 0.6) is 0 Å². The third kappa shape index (κ3) is 2.13. The zero-order valence-corrected chi connectivity index (χ0v) is 10.1. The summed E-state index contributed by atoms with van der Waals surface area (Å²) in [5, 5.41) is 5.00. The lowest BCUT2D eigenvalue weighted by Crippen LogP contribution is -2.34. The number of thiazole rings is 1. The molecule has 2 aromatic rings. The molecular weight excluding hydrogens is 229 g/mol. The fraction of sp³-hybridized carbons (Fsp3) is 0.222. The summed E-state index contributed by atoms with van der Waals surface area (Å²) < 4.78 is 10.5. The first kappa shape index (κ1) is 10.8. The molecule has 2 rings (SSSR count). The summed E-state index contributed by atoms with van der Waals surface area (Å²) in [7, 11) is 2.96. The highest BCUT2D eigenvalue weighted by molar-refractivity contribution is 7.21. The minimum Gasteiger partial charge on any atom is -0.410 e. The van der Waals surface area contributed by atoms with Crippen molar-refractivity contribution in [1.29, 1.82) is 0 Å². The van der Waals surface area contributed by atoms with Gasteiger partial charge in [0, 0.05) is 31.3 Å². The van der Waals surface area contributed by atoms with E-state index < -0.39 is 0 Å². The fourth-order valence-corrected chi connectivity index (χ4v) is 3.05. The number of rotatable bonds is 4. The van der Waals surface area contributed by atoms with Crippen LogP contribution in [0.15, 0.2) is 23.0 Å². The number of hydrogen-bond acceptors (Lipinski definition) is 5. The Morgan fingerprint density at radius 2 is 2.00 bits per heavy atom. The molecule has 0 spiro atoms. The van der Waals surface area contributed by atoms with Gasteiger partial charge in [0.15, 0.2) is 0 Å². The van der Waals surface area contributed by atoms with E-state index in [1.165, 1.54) is 0 Å². The van der Waals surface area contributed by atoms with Crippen LogP contribution in [0, 0.1) is 0 Å². The third-order valence-electron chi connectivity index (χ3n) is 2.00. The number of aromatic nitrogens is 1. The van der Waals surface area contributed by atoms with Gasteiger partial charge in [-0.2, -0.15) is 0 Å². The van der Waals surface area contributed by atoms with Crippen molar-refractivity contribution in [2.45, 2.75) is 0 Å². The number of nitrogens with zero attached hydrogens (tertiary/aromatic N) is 1. The van der Waals surface area contributed by atoms with Gasteiger partial charge in [0.25, 0.3) is 0 Å². The largest absolute Gasteiger partial charge is 0.495 e. The van der Waals surface area contributed by atoms with Gasteiger partial charge in [0.1, 0.15) is 5.01 Å². The minimum absolute atomic E-state index is 0.310. The Balaban J connectivity index is 2.37. The normalized spacial score (nSPS) is 10.5. The molecule has 0 bridgehead atoms. The van der Waals surface area contributed by atoms with Crippen LogP contribution < -0.4 is 5.46 Å². The maximum Gasteiger partial charge on any atom is 0.495 e. The molecule has 0 aliphatic rings. The second kappa shape index (κ2) is 4.89. The molecule has 0 fully saturated rings. The molecule has 0 N–H and O–H groups in total. The molecule has 0 aromatic carbocycles. The van der Waals surface area contributed by atoms with Crippen LogP contribution in [0.2, 0.25) is 0 Å². The van der Waals surface area contributed by atoms with Gasteiger partial charge in [-0.1, -0.05) is 6.07 Å². The summed E-state index contributed by atoms with van der Waals surface area (Å²) in [6, 6.07) is 2.01. The maximum absolute atomic E-state index is 5.24. The molecule has 0 atom stereocenters. The van der Waals surface area contributed by atoms with E-state index in [0.29, 0.717) is 0 Å². The van der Waals surface area contributed by atoms with Crippen molar-refractivity contribution in [1.82, 2.24) is 4.98 Å². The van der Waals surface area contributed by atoms with E-state index in [-0.39, 0.29) is 7.12 Å². The van der Waals surface area contributed by atoms with Crippen molar-refractivity contribution in [3.8, 4) is 9.88 Å². The first-order valence-electron chi connectivity index (χ1n) is 4.39. The van der Waals surface area contributed by atoms with E-state index in [4.69, 9.17) is 9.31 Å². The van der Waals surface area contributed by atoms with E-state index in [9.17, 15) is 0 Å². The van der Waals surface area contributed by atoms with Crippen molar-refractivity contribution in [2.75, 3.05) is 14.2 Å². The second-order valence-electron chi connectivity index (χ2n) is 2.85. The predicted molar refractivity (Wildman–Crippen MR) is 64.8 cm³/mol. The summed E-state index contributed by atoms with van der Waals surface area (Å²) in [4.78, 5) is 5.41. The van der Waals surface area contributed by atoms with Crippen LogP contribution in [-0.4, -0.2) is 26.3 Å². The molecule has 2 aromatic heterocycles. The SMILES string of the molecule is COB(OC)c1ccsc1-c1nccs1. The molecule has 6 heteroatoms. The van der Waals surface area contributed by atoms with Crippen molar-refractivity contribution in [3.05, 3.63) is 23.0 Å². The van der Waals surface area contributed by atoms with Gasteiger partial charge in [-0.3, -0.25) is 0 Å². The Kier molecular flexibility index (Phi) is 3.53. The van der Waals surface area contributed by atoms with Crippen molar-refractivity contribution in [2.24, 2.45) is 0 Å². The monoisotopic (exact) mass is 239 g/mol. The second-order valence-corrected chi connectivity index (χ2v) is 4.66. The Morgan fingerprint density at radius 1 is 1.20 bits per heavy atom. The zero-order valence-electron chi connectivity index (χ0n) is 8.47. The van der Waals surface area contributed by atoms with Crippen LogP contribution in [0.3, 0.4) is 0 Å². The van der Waals surface area contributed by atoms with Gasteiger partial charge in [0.2, 0.25) is 0 Å². The smallest absolute Gasteiger partial charge is 0.410 e. The van der Waals surface area contributed by atoms with Crippen LogP contribution in [0.1, 0.15) is 0 Å². The van der Waals surface area contributed by atoms with Crippen molar-refractivity contribution in [3.63, 3.8) is 0 Å². The highest BCUT2D eigenvalue weighted by Crippen LogP contribution is 2.25. The van der Waals surface area contributed by atoms with E-state index in [0.717, 1.165) is 15.3 Å². The predicted octanol–water partition coefficient (Wildman–Crippen LogP) is 1.86. The topological polar surface area (TPSA) is 31.4 Å². The maximum atomic E-state index is 5.24. The lowest BCUT2D eigenvalue weighted by Gasteiger charge is -2.07. The van der Waals surface area contributed by atoms with E-state index >= 15 is 0 Å². The standard InChI is InChI=1S/C9H10BNO2S2/c1-12-10(13-2)7-3-5-14-8(7)9-11-4-6-15-9/h3-6H,1-2H3. The molecule has 0 unspecified atom stereocenters. The molecule has 3 nitrogen and oxygen atoms in total.